The van der Waals surface area contributed by atoms with E-state index in [1.165, 1.54) is 6.42 Å². The van der Waals surface area contributed by atoms with E-state index in [0.29, 0.717) is 0 Å². The molecule has 2 aliphatic rings. The number of hydrogen-bond donors (Lipinski definition) is 1. The van der Waals surface area contributed by atoms with E-state index in [1.54, 1.807) is 0 Å². The molecule has 0 aromatic heterocycles. The summed E-state index contributed by atoms with van der Waals surface area (Å²) >= 11 is 0. The lowest BCUT2D eigenvalue weighted by atomic mass is 10.2. The van der Waals surface area contributed by atoms with Gasteiger partial charge in [-0.15, -0.1) is 0 Å². The molecule has 2 atom stereocenters. The van der Waals surface area contributed by atoms with Crippen molar-refractivity contribution in [3.05, 3.63) is 0 Å². The predicted octanol–water partition coefficient (Wildman–Crippen LogP) is 0.211. The van der Waals surface area contributed by atoms with Crippen molar-refractivity contribution in [2.75, 3.05) is 6.54 Å². The average Bonchev–Trinajstić information content (AvgIpc) is 2.12. The van der Waals surface area contributed by atoms with Gasteiger partial charge in [0.2, 0.25) is 0 Å². The third kappa shape index (κ3) is 0.178. The van der Waals surface area contributed by atoms with Crippen LogP contribution >= 0.6 is 0 Å². The van der Waals surface area contributed by atoms with Gasteiger partial charge in [0.1, 0.15) is 0 Å². The molecule has 0 heterocycles. The molecule has 34 valence electrons. The van der Waals surface area contributed by atoms with Crippen molar-refractivity contribution < 1.29 is 0 Å². The van der Waals surface area contributed by atoms with Crippen molar-refractivity contribution in [2.45, 2.75) is 6.42 Å². The maximum absolute atomic E-state index is 5.35. The third-order valence-electron chi connectivity index (χ3n) is 2.12. The molecular formula is C5H9N. The molecule has 0 radical (unpaired) electrons. The van der Waals surface area contributed by atoms with Crippen molar-refractivity contribution in [2.24, 2.45) is 23.5 Å². The van der Waals surface area contributed by atoms with E-state index in [-0.39, 0.29) is 0 Å². The Labute approximate surface area is 37.5 Å². The van der Waals surface area contributed by atoms with Crippen LogP contribution in [-0.2, 0) is 0 Å². The fraction of sp³-hybridized carbons (Fsp3) is 1.00. The molecule has 2 unspecified atom stereocenters. The van der Waals surface area contributed by atoms with Crippen LogP contribution in [0.5, 0.6) is 0 Å². The normalized spacial score (nSPS) is 60.5. The van der Waals surface area contributed by atoms with Gasteiger partial charge in [-0.3, -0.25) is 0 Å². The van der Waals surface area contributed by atoms with E-state index in [1.807, 2.05) is 0 Å². The quantitative estimate of drug-likeness (QED) is 0.482. The summed E-state index contributed by atoms with van der Waals surface area (Å²) in [5, 5.41) is 0. The van der Waals surface area contributed by atoms with Gasteiger partial charge >= 0.3 is 0 Å². The topological polar surface area (TPSA) is 26.0 Å². The van der Waals surface area contributed by atoms with Gasteiger partial charge in [-0.1, -0.05) is 0 Å². The molecule has 0 bridgehead atoms. The monoisotopic (exact) mass is 83.1 g/mol. The smallest absolute Gasteiger partial charge is 0.00433 e. The van der Waals surface area contributed by atoms with Crippen LogP contribution in [0.1, 0.15) is 6.42 Å². The second-order valence-electron chi connectivity index (χ2n) is 2.46. The van der Waals surface area contributed by atoms with Gasteiger partial charge in [0.05, 0.1) is 0 Å². The van der Waals surface area contributed by atoms with Crippen LogP contribution in [0.15, 0.2) is 0 Å². The molecule has 2 aliphatic carbocycles. The first-order chi connectivity index (χ1) is 2.93. The number of nitrogens with two attached hydrogens (primary N) is 1. The van der Waals surface area contributed by atoms with Crippen LogP contribution in [0.2, 0.25) is 0 Å². The van der Waals surface area contributed by atoms with Gasteiger partial charge in [0.15, 0.2) is 0 Å². The van der Waals surface area contributed by atoms with Gasteiger partial charge < -0.3 is 5.73 Å². The Balaban J connectivity index is 1.92. The van der Waals surface area contributed by atoms with Crippen molar-refractivity contribution in [1.29, 1.82) is 0 Å². The zero-order valence-corrected chi connectivity index (χ0v) is 3.72. The lowest BCUT2D eigenvalue weighted by Crippen LogP contribution is -2.06. The van der Waals surface area contributed by atoms with Gasteiger partial charge in [0, 0.05) is 0 Å². The van der Waals surface area contributed by atoms with Crippen molar-refractivity contribution in [3.63, 3.8) is 0 Å². The van der Waals surface area contributed by atoms with Crippen LogP contribution in [0.3, 0.4) is 0 Å². The van der Waals surface area contributed by atoms with Crippen LogP contribution < -0.4 is 5.73 Å². The Morgan fingerprint density at radius 3 is 2.17 bits per heavy atom. The first-order valence-corrected chi connectivity index (χ1v) is 2.63. The molecule has 0 aromatic rings. The zero-order valence-electron chi connectivity index (χ0n) is 3.72. The van der Waals surface area contributed by atoms with Gasteiger partial charge in [0.25, 0.3) is 0 Å². The molecular weight excluding hydrogens is 74.1 g/mol. The number of fused-ring (bicyclic) bond motifs is 1. The van der Waals surface area contributed by atoms with E-state index in [0.717, 1.165) is 24.3 Å². The SMILES string of the molecule is NCC1C2CC12. The van der Waals surface area contributed by atoms with Crippen LogP contribution in [0, 0.1) is 17.8 Å². The Kier molecular flexibility index (Phi) is 0.327. The van der Waals surface area contributed by atoms with Gasteiger partial charge in [-0.05, 0) is 30.7 Å². The van der Waals surface area contributed by atoms with E-state index >= 15 is 0 Å². The maximum Gasteiger partial charge on any atom is -0.00433 e. The highest BCUT2D eigenvalue weighted by atomic mass is 14.7. The van der Waals surface area contributed by atoms with Crippen LogP contribution in [0.4, 0.5) is 0 Å². The van der Waals surface area contributed by atoms with E-state index in [4.69, 9.17) is 5.73 Å². The predicted molar refractivity (Wildman–Crippen MR) is 24.1 cm³/mol. The molecule has 2 N–H and O–H groups in total. The molecule has 2 fully saturated rings. The minimum Gasteiger partial charge on any atom is -0.330 e. The molecule has 0 aromatic carbocycles. The summed E-state index contributed by atoms with van der Waals surface area (Å²) in [6, 6.07) is 0. The Bertz CT molecular complexity index is 72.0. The second-order valence-corrected chi connectivity index (χ2v) is 2.46. The average molecular weight is 83.1 g/mol. The zero-order chi connectivity index (χ0) is 4.15. The maximum atomic E-state index is 5.35. The number of rotatable bonds is 1. The van der Waals surface area contributed by atoms with Crippen molar-refractivity contribution in [3.8, 4) is 0 Å². The molecule has 0 saturated heterocycles. The molecule has 2 rings (SSSR count). The molecule has 0 aliphatic heterocycles. The molecule has 6 heavy (non-hydrogen) atoms. The lowest BCUT2D eigenvalue weighted by molar-refractivity contribution is 0.626. The van der Waals surface area contributed by atoms with Crippen molar-refractivity contribution in [1.82, 2.24) is 0 Å². The van der Waals surface area contributed by atoms with E-state index in [2.05, 4.69) is 0 Å². The summed E-state index contributed by atoms with van der Waals surface area (Å²) in [6.07, 6.45) is 1.50. The fourth-order valence-corrected chi connectivity index (χ4v) is 1.26. The summed E-state index contributed by atoms with van der Waals surface area (Å²) in [5.41, 5.74) is 5.35. The minimum absolute atomic E-state index is 0.954. The highest BCUT2D eigenvalue weighted by Crippen LogP contribution is 2.67. The summed E-state index contributed by atoms with van der Waals surface area (Å²) in [4.78, 5) is 0. The summed E-state index contributed by atoms with van der Waals surface area (Å²) in [6.45, 7) is 0.954. The highest BCUT2D eigenvalue weighted by Gasteiger charge is 2.62. The van der Waals surface area contributed by atoms with Crippen molar-refractivity contribution >= 4 is 0 Å². The van der Waals surface area contributed by atoms with Gasteiger partial charge in [-0.2, -0.15) is 0 Å². The summed E-state index contributed by atoms with van der Waals surface area (Å²) in [5.74, 6) is 3.19. The van der Waals surface area contributed by atoms with E-state index in [9.17, 15) is 0 Å². The van der Waals surface area contributed by atoms with Crippen LogP contribution in [-0.4, -0.2) is 6.54 Å². The number of hydrogen-bond acceptors (Lipinski definition) is 1. The molecule has 1 nitrogen and oxygen atoms in total. The third-order valence-corrected chi connectivity index (χ3v) is 2.12. The second kappa shape index (κ2) is 0.648. The first kappa shape index (κ1) is 3.03. The molecule has 0 spiro atoms. The van der Waals surface area contributed by atoms with E-state index < -0.39 is 0 Å². The lowest BCUT2D eigenvalue weighted by Gasteiger charge is -1.91. The Morgan fingerprint density at radius 1 is 1.50 bits per heavy atom. The minimum atomic E-state index is 0.954. The highest BCUT2D eigenvalue weighted by molar-refractivity contribution is 5.12. The first-order valence-electron chi connectivity index (χ1n) is 2.63. The largest absolute Gasteiger partial charge is 0.330 e. The molecule has 0 amide bonds. The van der Waals surface area contributed by atoms with Crippen LogP contribution in [0.25, 0.3) is 0 Å². The molecule has 1 heteroatoms. The van der Waals surface area contributed by atoms with Gasteiger partial charge in [-0.25, -0.2) is 0 Å². The fourth-order valence-electron chi connectivity index (χ4n) is 1.26. The molecule has 2 saturated carbocycles. The standard InChI is InChI=1S/C5H9N/c6-2-5-3-1-4(3)5/h3-5H,1-2,6H2. The Hall–Kier alpha value is -0.0400. The Morgan fingerprint density at radius 2 is 2.17 bits per heavy atom. The summed E-state index contributed by atoms with van der Waals surface area (Å²) in [7, 11) is 0. The summed E-state index contributed by atoms with van der Waals surface area (Å²) < 4.78 is 0.